The van der Waals surface area contributed by atoms with Crippen molar-refractivity contribution < 1.29 is 80.2 Å². The Morgan fingerprint density at radius 3 is 0.884 bits per heavy atom. The van der Waals surface area contributed by atoms with Gasteiger partial charge in [0, 0.05) is 25.7 Å². The molecule has 0 aliphatic heterocycles. The van der Waals surface area contributed by atoms with Crippen LogP contribution >= 0.6 is 15.6 Å². The monoisotopic (exact) mass is 1270 g/mol. The van der Waals surface area contributed by atoms with Gasteiger partial charge in [0.1, 0.15) is 19.3 Å². The smallest absolute Gasteiger partial charge is 0.462 e. The third-order valence-electron chi connectivity index (χ3n) is 15.7. The zero-order valence-corrected chi connectivity index (χ0v) is 57.6. The Hall–Kier alpha value is -1.94. The summed E-state index contributed by atoms with van der Waals surface area (Å²) in [6, 6.07) is 0. The molecule has 3 N–H and O–H groups in total. The number of hydrogen-bond donors (Lipinski definition) is 3. The summed E-state index contributed by atoms with van der Waals surface area (Å²) in [6.07, 6.45) is 40.7. The first kappa shape index (κ1) is 84.1. The Bertz CT molecular complexity index is 1700. The number of carbonyl (C=O) groups excluding carboxylic acids is 4. The van der Waals surface area contributed by atoms with E-state index in [9.17, 15) is 43.2 Å². The second kappa shape index (κ2) is 58.2. The maximum atomic E-state index is 13.0. The van der Waals surface area contributed by atoms with E-state index in [1.165, 1.54) is 128 Å². The lowest BCUT2D eigenvalue weighted by Gasteiger charge is -2.21. The number of phosphoric acid groups is 2. The molecule has 0 fully saturated rings. The van der Waals surface area contributed by atoms with Crippen molar-refractivity contribution in [3.63, 3.8) is 0 Å². The van der Waals surface area contributed by atoms with Gasteiger partial charge >= 0.3 is 39.5 Å². The molecule has 0 heterocycles. The fourth-order valence-electron chi connectivity index (χ4n) is 9.98. The van der Waals surface area contributed by atoms with Crippen LogP contribution in [0.1, 0.15) is 331 Å². The Morgan fingerprint density at radius 2 is 0.593 bits per heavy atom. The first-order valence-electron chi connectivity index (χ1n) is 34.9. The van der Waals surface area contributed by atoms with Crippen molar-refractivity contribution in [2.75, 3.05) is 39.6 Å². The number of carbonyl (C=O) groups is 4. The molecule has 0 aromatic heterocycles. The van der Waals surface area contributed by atoms with E-state index >= 15 is 0 Å². The third kappa shape index (κ3) is 59.7. The van der Waals surface area contributed by atoms with Crippen LogP contribution in [0.25, 0.3) is 0 Å². The van der Waals surface area contributed by atoms with Gasteiger partial charge in [0.25, 0.3) is 0 Å². The molecule has 0 bridgehead atoms. The summed E-state index contributed by atoms with van der Waals surface area (Å²) in [5.41, 5.74) is 0. The molecule has 510 valence electrons. The van der Waals surface area contributed by atoms with Crippen LogP contribution in [0, 0.1) is 17.8 Å². The maximum Gasteiger partial charge on any atom is 0.472 e. The summed E-state index contributed by atoms with van der Waals surface area (Å²) in [5.74, 6) is -0.0320. The highest BCUT2D eigenvalue weighted by Gasteiger charge is 2.30. The Kier molecular flexibility index (Phi) is 56.9. The molecule has 0 amide bonds. The van der Waals surface area contributed by atoms with Crippen LogP contribution in [-0.2, 0) is 65.4 Å². The van der Waals surface area contributed by atoms with Gasteiger partial charge in [-0.2, -0.15) is 0 Å². The molecule has 3 unspecified atom stereocenters. The van der Waals surface area contributed by atoms with Gasteiger partial charge in [-0.3, -0.25) is 37.3 Å². The van der Waals surface area contributed by atoms with E-state index in [-0.39, 0.29) is 25.7 Å². The summed E-state index contributed by atoms with van der Waals surface area (Å²) in [6.45, 7) is 11.6. The lowest BCUT2D eigenvalue weighted by Crippen LogP contribution is -2.30. The largest absolute Gasteiger partial charge is 0.472 e. The number of aliphatic hydroxyl groups excluding tert-OH is 1. The van der Waals surface area contributed by atoms with Gasteiger partial charge in [-0.1, -0.05) is 280 Å². The molecule has 0 rings (SSSR count). The second-order valence-corrected chi connectivity index (χ2v) is 28.3. The van der Waals surface area contributed by atoms with Crippen LogP contribution in [0.5, 0.6) is 0 Å². The van der Waals surface area contributed by atoms with Crippen LogP contribution < -0.4 is 0 Å². The summed E-state index contributed by atoms with van der Waals surface area (Å²) in [5, 5.41) is 10.6. The predicted octanol–water partition coefficient (Wildman–Crippen LogP) is 18.7. The topological polar surface area (TPSA) is 237 Å². The Morgan fingerprint density at radius 1 is 0.337 bits per heavy atom. The number of rotatable bonds is 65. The SMILES string of the molecule is CCCCCCCCCCCCCCCCCCCC(=O)O[C@H](COC(=O)CCCCCCCCCC(C)C)COP(=O)(O)OC[C@@H](O)COP(=O)(O)OC[C@@H](COC(=O)CCCCCCCCC(C)C)OC(=O)CCCCCCCCC(C)CC. The van der Waals surface area contributed by atoms with Crippen molar-refractivity contribution >= 4 is 39.5 Å². The fourth-order valence-corrected chi connectivity index (χ4v) is 11.6. The van der Waals surface area contributed by atoms with E-state index < -0.39 is 97.5 Å². The van der Waals surface area contributed by atoms with Crippen molar-refractivity contribution in [2.24, 2.45) is 17.8 Å². The highest BCUT2D eigenvalue weighted by molar-refractivity contribution is 7.47. The Balaban J connectivity index is 5.21. The first-order chi connectivity index (χ1) is 41.3. The lowest BCUT2D eigenvalue weighted by atomic mass is 10.00. The van der Waals surface area contributed by atoms with E-state index in [0.29, 0.717) is 37.5 Å². The highest BCUT2D eigenvalue weighted by Crippen LogP contribution is 2.45. The highest BCUT2D eigenvalue weighted by atomic mass is 31.2. The first-order valence-corrected chi connectivity index (χ1v) is 37.9. The number of esters is 4. The summed E-state index contributed by atoms with van der Waals surface area (Å²) >= 11 is 0. The van der Waals surface area contributed by atoms with E-state index in [0.717, 1.165) is 109 Å². The van der Waals surface area contributed by atoms with Crippen molar-refractivity contribution in [3.05, 3.63) is 0 Å². The lowest BCUT2D eigenvalue weighted by molar-refractivity contribution is -0.161. The van der Waals surface area contributed by atoms with Crippen LogP contribution in [0.15, 0.2) is 0 Å². The Labute approximate surface area is 524 Å². The van der Waals surface area contributed by atoms with Crippen LogP contribution in [0.2, 0.25) is 0 Å². The molecule has 0 saturated heterocycles. The van der Waals surface area contributed by atoms with E-state index in [1.807, 2.05) is 0 Å². The molecule has 0 aliphatic carbocycles. The number of aliphatic hydroxyl groups is 1. The zero-order valence-electron chi connectivity index (χ0n) is 55.8. The molecule has 19 heteroatoms. The normalized spacial score (nSPS) is 14.6. The minimum atomic E-state index is -4.95. The molecule has 0 radical (unpaired) electrons. The number of ether oxygens (including phenoxy) is 4. The van der Waals surface area contributed by atoms with Crippen molar-refractivity contribution in [3.8, 4) is 0 Å². The molecular weight excluding hydrogens is 1140 g/mol. The minimum Gasteiger partial charge on any atom is -0.462 e. The number of phosphoric ester groups is 2. The molecule has 0 aromatic carbocycles. The number of hydrogen-bond acceptors (Lipinski definition) is 15. The third-order valence-corrected chi connectivity index (χ3v) is 17.6. The molecule has 86 heavy (non-hydrogen) atoms. The van der Waals surface area contributed by atoms with E-state index in [2.05, 4.69) is 48.5 Å². The molecule has 6 atom stereocenters. The van der Waals surface area contributed by atoms with Crippen LogP contribution in [0.3, 0.4) is 0 Å². The molecule has 0 aromatic rings. The van der Waals surface area contributed by atoms with Gasteiger partial charge < -0.3 is 33.8 Å². The average molecular weight is 1270 g/mol. The van der Waals surface area contributed by atoms with Crippen molar-refractivity contribution in [1.29, 1.82) is 0 Å². The van der Waals surface area contributed by atoms with E-state index in [4.69, 9.17) is 37.0 Å². The number of unbranched alkanes of at least 4 members (excludes halogenated alkanes) is 32. The molecule has 17 nitrogen and oxygen atoms in total. The van der Waals surface area contributed by atoms with Gasteiger partial charge in [-0.05, 0) is 43.4 Å². The average Bonchev–Trinajstić information content (AvgIpc) is 3.67. The summed E-state index contributed by atoms with van der Waals surface area (Å²) < 4.78 is 68.1. The summed E-state index contributed by atoms with van der Waals surface area (Å²) in [7, 11) is -9.89. The van der Waals surface area contributed by atoms with Gasteiger partial charge in [-0.15, -0.1) is 0 Å². The molecule has 0 aliphatic rings. The van der Waals surface area contributed by atoms with Crippen molar-refractivity contribution in [1.82, 2.24) is 0 Å². The van der Waals surface area contributed by atoms with E-state index in [1.54, 1.807) is 0 Å². The van der Waals surface area contributed by atoms with Gasteiger partial charge in [0.2, 0.25) is 0 Å². The standard InChI is InChI=1S/C67H130O17P2/c1-8-10-11-12-13-14-15-16-17-18-19-20-21-22-25-36-43-50-66(71)83-62(54-77-64(69)48-41-34-26-23-24-31-38-45-58(3)4)56-81-85(73,74)79-52-61(68)53-80-86(75,76)82-57-63(55-78-65(70)49-42-35-29-27-32-39-46-59(5)6)84-67(72)51-44-37-30-28-33-40-47-60(7)9-2/h58-63,68H,8-57H2,1-7H3,(H,73,74)(H,75,76)/t60?,61-,62-,63-/m1/s1. The summed E-state index contributed by atoms with van der Waals surface area (Å²) in [4.78, 5) is 72.3. The van der Waals surface area contributed by atoms with Gasteiger partial charge in [-0.25, -0.2) is 9.13 Å². The fraction of sp³-hybridized carbons (Fsp3) is 0.940. The van der Waals surface area contributed by atoms with Crippen molar-refractivity contribution in [2.45, 2.75) is 349 Å². The second-order valence-electron chi connectivity index (χ2n) is 25.4. The van der Waals surface area contributed by atoms with Gasteiger partial charge in [0.15, 0.2) is 12.2 Å². The van der Waals surface area contributed by atoms with Gasteiger partial charge in [0.05, 0.1) is 26.4 Å². The maximum absolute atomic E-state index is 13.0. The minimum absolute atomic E-state index is 0.102. The molecule has 0 spiro atoms. The quantitative estimate of drug-likeness (QED) is 0.0222. The van der Waals surface area contributed by atoms with Crippen LogP contribution in [0.4, 0.5) is 0 Å². The molecular formula is C67H130O17P2. The molecule has 0 saturated carbocycles. The van der Waals surface area contributed by atoms with Crippen LogP contribution in [-0.4, -0.2) is 96.7 Å². The zero-order chi connectivity index (χ0) is 63.8. The predicted molar refractivity (Wildman–Crippen MR) is 344 cm³/mol.